The lowest BCUT2D eigenvalue weighted by molar-refractivity contribution is -0.136. The molecular weight excluding hydrogens is 250 g/mol. The predicted octanol–water partition coefficient (Wildman–Crippen LogP) is 3.15. The van der Waals surface area contributed by atoms with Crippen LogP contribution in [0.1, 0.15) is 29.2 Å². The number of hydrogen-bond acceptors (Lipinski definition) is 2. The number of benzene rings is 2. The molecule has 20 heavy (non-hydrogen) atoms. The van der Waals surface area contributed by atoms with E-state index in [2.05, 4.69) is 48.6 Å². The summed E-state index contributed by atoms with van der Waals surface area (Å²) in [4.78, 5) is 10.7. The second-order valence-electron chi connectivity index (χ2n) is 4.85. The predicted molar refractivity (Wildman–Crippen MR) is 79.7 cm³/mol. The average Bonchev–Trinajstić information content (AvgIpc) is 2.46. The highest BCUT2D eigenvalue weighted by Crippen LogP contribution is 2.22. The van der Waals surface area contributed by atoms with Crippen LogP contribution in [0.5, 0.6) is 0 Å². The van der Waals surface area contributed by atoms with Crippen molar-refractivity contribution in [2.45, 2.75) is 19.4 Å². The molecule has 0 aromatic heterocycles. The number of carbonyl (C=O) groups is 1. The molecule has 0 saturated heterocycles. The van der Waals surface area contributed by atoms with Crippen molar-refractivity contribution in [2.75, 3.05) is 6.54 Å². The summed E-state index contributed by atoms with van der Waals surface area (Å²) >= 11 is 0. The van der Waals surface area contributed by atoms with Crippen molar-refractivity contribution in [3.8, 4) is 0 Å². The van der Waals surface area contributed by atoms with Crippen LogP contribution in [0.4, 0.5) is 0 Å². The molecule has 0 fully saturated rings. The van der Waals surface area contributed by atoms with Gasteiger partial charge in [-0.1, -0.05) is 60.2 Å². The van der Waals surface area contributed by atoms with E-state index >= 15 is 0 Å². The van der Waals surface area contributed by atoms with E-state index < -0.39 is 5.97 Å². The zero-order valence-electron chi connectivity index (χ0n) is 11.5. The Morgan fingerprint density at radius 2 is 1.65 bits per heavy atom. The zero-order chi connectivity index (χ0) is 14.4. The molecule has 0 bridgehead atoms. The molecule has 0 saturated carbocycles. The summed E-state index contributed by atoms with van der Waals surface area (Å²) in [5.41, 5.74) is 3.50. The van der Waals surface area contributed by atoms with Crippen LogP contribution in [0.25, 0.3) is 0 Å². The van der Waals surface area contributed by atoms with Crippen LogP contribution >= 0.6 is 0 Å². The summed E-state index contributed by atoms with van der Waals surface area (Å²) in [6, 6.07) is 18.4. The Morgan fingerprint density at radius 1 is 1.05 bits per heavy atom. The zero-order valence-corrected chi connectivity index (χ0v) is 11.5. The molecular formula is C17H19NO2. The molecule has 0 aliphatic heterocycles. The summed E-state index contributed by atoms with van der Waals surface area (Å²) in [7, 11) is 0. The maximum atomic E-state index is 10.7. The van der Waals surface area contributed by atoms with Gasteiger partial charge in [0.05, 0.1) is 12.5 Å². The minimum atomic E-state index is -0.784. The molecule has 0 amide bonds. The number of carboxylic acid groups (broad SMARTS) is 1. The summed E-state index contributed by atoms with van der Waals surface area (Å²) in [5.74, 6) is -0.784. The van der Waals surface area contributed by atoms with Gasteiger partial charge in [-0.15, -0.1) is 0 Å². The number of aliphatic carboxylic acids is 1. The van der Waals surface area contributed by atoms with Gasteiger partial charge in [-0.05, 0) is 18.1 Å². The van der Waals surface area contributed by atoms with Gasteiger partial charge < -0.3 is 10.4 Å². The first-order valence-corrected chi connectivity index (χ1v) is 6.73. The fraction of sp³-hybridized carbons (Fsp3) is 0.235. The van der Waals surface area contributed by atoms with Crippen molar-refractivity contribution in [2.24, 2.45) is 0 Å². The first kappa shape index (κ1) is 14.3. The minimum Gasteiger partial charge on any atom is -0.481 e. The fourth-order valence-corrected chi connectivity index (χ4v) is 2.16. The van der Waals surface area contributed by atoms with Gasteiger partial charge in [0.2, 0.25) is 0 Å². The molecule has 0 aliphatic carbocycles. The Morgan fingerprint density at radius 3 is 2.25 bits per heavy atom. The molecule has 2 rings (SSSR count). The smallest absolute Gasteiger partial charge is 0.304 e. The molecule has 1 atom stereocenters. The molecule has 0 heterocycles. The van der Waals surface area contributed by atoms with Gasteiger partial charge in [0.25, 0.3) is 0 Å². The van der Waals surface area contributed by atoms with Crippen LogP contribution < -0.4 is 5.32 Å². The molecule has 1 unspecified atom stereocenters. The Kier molecular flexibility index (Phi) is 4.91. The topological polar surface area (TPSA) is 49.3 Å². The van der Waals surface area contributed by atoms with Gasteiger partial charge >= 0.3 is 5.97 Å². The van der Waals surface area contributed by atoms with E-state index in [-0.39, 0.29) is 12.5 Å². The number of rotatable bonds is 6. The maximum absolute atomic E-state index is 10.7. The summed E-state index contributed by atoms with van der Waals surface area (Å²) in [5, 5.41) is 12.1. The molecule has 3 nitrogen and oxygen atoms in total. The van der Waals surface area contributed by atoms with E-state index in [9.17, 15) is 4.79 Å². The first-order valence-electron chi connectivity index (χ1n) is 6.73. The number of nitrogens with one attached hydrogen (secondary N) is 1. The SMILES string of the molecule is Cc1ccc(C(NCCC(=O)O)c2ccccc2)cc1. The number of hydrogen-bond donors (Lipinski definition) is 2. The molecule has 2 aromatic carbocycles. The molecule has 0 spiro atoms. The van der Waals surface area contributed by atoms with E-state index in [1.807, 2.05) is 18.2 Å². The van der Waals surface area contributed by atoms with Gasteiger partial charge in [-0.25, -0.2) is 0 Å². The third-order valence-corrected chi connectivity index (χ3v) is 3.23. The molecule has 3 heteroatoms. The Balaban J connectivity index is 2.20. The lowest BCUT2D eigenvalue weighted by Gasteiger charge is -2.19. The third-order valence-electron chi connectivity index (χ3n) is 3.23. The van der Waals surface area contributed by atoms with Gasteiger partial charge in [0, 0.05) is 6.54 Å². The Hall–Kier alpha value is -2.13. The average molecular weight is 269 g/mol. The monoisotopic (exact) mass is 269 g/mol. The van der Waals surface area contributed by atoms with Crippen LogP contribution in [0.2, 0.25) is 0 Å². The van der Waals surface area contributed by atoms with E-state index in [0.29, 0.717) is 6.54 Å². The first-order chi connectivity index (χ1) is 9.66. The van der Waals surface area contributed by atoms with E-state index in [1.165, 1.54) is 5.56 Å². The molecule has 0 radical (unpaired) electrons. The van der Waals surface area contributed by atoms with Crippen LogP contribution in [0.15, 0.2) is 54.6 Å². The van der Waals surface area contributed by atoms with Crippen molar-refractivity contribution in [3.05, 3.63) is 71.3 Å². The second-order valence-corrected chi connectivity index (χ2v) is 4.85. The van der Waals surface area contributed by atoms with Crippen LogP contribution in [-0.4, -0.2) is 17.6 Å². The molecule has 0 aliphatic rings. The Bertz CT molecular complexity index is 549. The number of carboxylic acids is 1. The lowest BCUT2D eigenvalue weighted by atomic mass is 9.98. The van der Waals surface area contributed by atoms with Crippen molar-refractivity contribution >= 4 is 5.97 Å². The minimum absolute atomic E-state index is 0.0242. The van der Waals surface area contributed by atoms with E-state index in [1.54, 1.807) is 0 Å². The Labute approximate surface area is 119 Å². The van der Waals surface area contributed by atoms with Gasteiger partial charge in [0.1, 0.15) is 0 Å². The van der Waals surface area contributed by atoms with Crippen LogP contribution in [0, 0.1) is 6.92 Å². The lowest BCUT2D eigenvalue weighted by Crippen LogP contribution is -2.25. The van der Waals surface area contributed by atoms with Gasteiger partial charge in [0.15, 0.2) is 0 Å². The second kappa shape index (κ2) is 6.87. The number of aryl methyl sites for hydroxylation is 1. The highest BCUT2D eigenvalue weighted by molar-refractivity contribution is 5.66. The quantitative estimate of drug-likeness (QED) is 0.847. The normalized spacial score (nSPS) is 12.1. The largest absolute Gasteiger partial charge is 0.481 e. The summed E-state index contributed by atoms with van der Waals surface area (Å²) in [6.07, 6.45) is 0.120. The molecule has 2 aromatic rings. The van der Waals surface area contributed by atoms with E-state index in [4.69, 9.17) is 5.11 Å². The van der Waals surface area contributed by atoms with Crippen molar-refractivity contribution < 1.29 is 9.90 Å². The summed E-state index contributed by atoms with van der Waals surface area (Å²) in [6.45, 7) is 2.50. The van der Waals surface area contributed by atoms with Gasteiger partial charge in [-0.2, -0.15) is 0 Å². The standard InChI is InChI=1S/C17H19NO2/c1-13-7-9-15(10-8-13)17(18-12-11-16(19)20)14-5-3-2-4-6-14/h2-10,17-18H,11-12H2,1H3,(H,19,20). The van der Waals surface area contributed by atoms with Crippen LogP contribution in [0.3, 0.4) is 0 Å². The van der Waals surface area contributed by atoms with Crippen molar-refractivity contribution in [3.63, 3.8) is 0 Å². The van der Waals surface area contributed by atoms with Crippen molar-refractivity contribution in [1.29, 1.82) is 0 Å². The van der Waals surface area contributed by atoms with Gasteiger partial charge in [-0.3, -0.25) is 4.79 Å². The summed E-state index contributed by atoms with van der Waals surface area (Å²) < 4.78 is 0. The highest BCUT2D eigenvalue weighted by atomic mass is 16.4. The van der Waals surface area contributed by atoms with E-state index in [0.717, 1.165) is 11.1 Å². The fourth-order valence-electron chi connectivity index (χ4n) is 2.16. The molecule has 2 N–H and O–H groups in total. The van der Waals surface area contributed by atoms with Crippen LogP contribution in [-0.2, 0) is 4.79 Å². The third kappa shape index (κ3) is 3.93. The highest BCUT2D eigenvalue weighted by Gasteiger charge is 2.13. The van der Waals surface area contributed by atoms with Crippen molar-refractivity contribution in [1.82, 2.24) is 5.32 Å². The maximum Gasteiger partial charge on any atom is 0.304 e. The molecule has 104 valence electrons.